The number of hydrogen-bond acceptors (Lipinski definition) is 4. The van der Waals surface area contributed by atoms with Gasteiger partial charge in [0.1, 0.15) is 5.75 Å². The zero-order valence-corrected chi connectivity index (χ0v) is 13.6. The van der Waals surface area contributed by atoms with Crippen LogP contribution in [-0.2, 0) is 9.59 Å². The van der Waals surface area contributed by atoms with Gasteiger partial charge in [-0.05, 0) is 50.2 Å². The molecule has 0 atom stereocenters. The van der Waals surface area contributed by atoms with E-state index in [-0.39, 0.29) is 36.5 Å². The van der Waals surface area contributed by atoms with Crippen molar-refractivity contribution in [3.05, 3.63) is 24.3 Å². The van der Waals surface area contributed by atoms with Crippen molar-refractivity contribution in [1.82, 2.24) is 4.90 Å². The Morgan fingerprint density at radius 3 is 2.33 bits per heavy atom. The molecule has 1 amide bonds. The lowest BCUT2D eigenvalue weighted by Gasteiger charge is -2.29. The van der Waals surface area contributed by atoms with Crippen molar-refractivity contribution in [2.45, 2.75) is 19.5 Å². The first-order chi connectivity index (χ1) is 10.9. The van der Waals surface area contributed by atoms with E-state index in [0.717, 1.165) is 0 Å². The molecule has 1 aliphatic heterocycles. The van der Waals surface area contributed by atoms with Crippen LogP contribution in [0.3, 0.4) is 0 Å². The van der Waals surface area contributed by atoms with Gasteiger partial charge in [-0.1, -0.05) is 0 Å². The van der Waals surface area contributed by atoms with Gasteiger partial charge in [0.2, 0.25) is 5.91 Å². The Hall–Kier alpha value is -1.93. The number of benzene rings is 1. The van der Waals surface area contributed by atoms with Gasteiger partial charge in [-0.3, -0.25) is 14.5 Å². The molecule has 0 aromatic heterocycles. The van der Waals surface area contributed by atoms with E-state index in [9.17, 15) is 18.4 Å². The van der Waals surface area contributed by atoms with Gasteiger partial charge >= 0.3 is 12.6 Å². The second-order valence-electron chi connectivity index (χ2n) is 5.34. The highest BCUT2D eigenvalue weighted by Gasteiger charge is 2.25. The minimum absolute atomic E-state index is 0. The third-order valence-electron chi connectivity index (χ3n) is 3.67. The molecule has 24 heavy (non-hydrogen) atoms. The van der Waals surface area contributed by atoms with Crippen LogP contribution in [0.4, 0.5) is 14.5 Å². The summed E-state index contributed by atoms with van der Waals surface area (Å²) in [6.07, 6.45) is 1.06. The van der Waals surface area contributed by atoms with Crippen molar-refractivity contribution in [2.24, 2.45) is 5.92 Å². The molecular weight excluding hydrogens is 346 g/mol. The van der Waals surface area contributed by atoms with Crippen LogP contribution in [0, 0.1) is 5.92 Å². The van der Waals surface area contributed by atoms with Crippen LogP contribution < -0.4 is 10.1 Å². The van der Waals surface area contributed by atoms with Gasteiger partial charge in [0, 0.05) is 5.69 Å². The number of amides is 1. The second-order valence-corrected chi connectivity index (χ2v) is 5.34. The Morgan fingerprint density at radius 2 is 1.83 bits per heavy atom. The number of ether oxygens (including phenoxy) is 1. The van der Waals surface area contributed by atoms with E-state index in [2.05, 4.69) is 10.1 Å². The lowest BCUT2D eigenvalue weighted by Crippen LogP contribution is -2.40. The summed E-state index contributed by atoms with van der Waals surface area (Å²) >= 11 is 0. The van der Waals surface area contributed by atoms with Crippen LogP contribution in [0.15, 0.2) is 24.3 Å². The minimum atomic E-state index is -2.89. The maximum atomic E-state index is 12.0. The van der Waals surface area contributed by atoms with Crippen molar-refractivity contribution in [3.8, 4) is 5.75 Å². The number of anilines is 1. The normalized spacial score (nSPS) is 15.6. The second kappa shape index (κ2) is 9.39. The van der Waals surface area contributed by atoms with Crippen LogP contribution in [-0.4, -0.2) is 48.1 Å². The first-order valence-electron chi connectivity index (χ1n) is 7.24. The Balaban J connectivity index is 0.00000288. The fraction of sp³-hybridized carbons (Fsp3) is 0.467. The molecular formula is C15H19ClF2N2O4. The number of carboxylic acid groups (broad SMARTS) is 1. The smallest absolute Gasteiger partial charge is 0.387 e. The summed E-state index contributed by atoms with van der Waals surface area (Å²) in [5, 5.41) is 11.6. The number of alkyl halides is 2. The average Bonchev–Trinajstić information content (AvgIpc) is 2.49. The number of rotatable bonds is 6. The van der Waals surface area contributed by atoms with Gasteiger partial charge in [-0.2, -0.15) is 8.78 Å². The molecule has 0 bridgehead atoms. The standard InChI is InChI=1S/C15H18F2N2O4.ClH/c16-15(17)23-12-3-1-11(2-4-12)18-13(20)9-19-7-5-10(6-8-19)14(21)22;/h1-4,10,15H,5-9H2,(H,18,20)(H,21,22);1H. The highest BCUT2D eigenvalue weighted by molar-refractivity contribution is 5.92. The molecule has 134 valence electrons. The Labute approximate surface area is 144 Å². The lowest BCUT2D eigenvalue weighted by molar-refractivity contribution is -0.143. The number of aliphatic carboxylic acids is 1. The van der Waals surface area contributed by atoms with Gasteiger partial charge in [-0.25, -0.2) is 0 Å². The summed E-state index contributed by atoms with van der Waals surface area (Å²) in [4.78, 5) is 24.7. The molecule has 1 heterocycles. The number of nitrogens with one attached hydrogen (secondary N) is 1. The highest BCUT2D eigenvalue weighted by Crippen LogP contribution is 2.19. The zero-order valence-electron chi connectivity index (χ0n) is 12.8. The first-order valence-corrected chi connectivity index (χ1v) is 7.24. The summed E-state index contributed by atoms with van der Waals surface area (Å²) in [7, 11) is 0. The predicted molar refractivity (Wildman–Crippen MR) is 85.8 cm³/mol. The van der Waals surface area contributed by atoms with E-state index in [1.807, 2.05) is 4.90 Å². The van der Waals surface area contributed by atoms with E-state index >= 15 is 0 Å². The van der Waals surface area contributed by atoms with E-state index in [0.29, 0.717) is 31.6 Å². The molecule has 1 aromatic carbocycles. The van der Waals surface area contributed by atoms with E-state index in [1.165, 1.54) is 24.3 Å². The van der Waals surface area contributed by atoms with Crippen molar-refractivity contribution < 1.29 is 28.2 Å². The number of hydrogen-bond donors (Lipinski definition) is 2. The van der Waals surface area contributed by atoms with Crippen molar-refractivity contribution >= 4 is 30.0 Å². The van der Waals surface area contributed by atoms with E-state index in [4.69, 9.17) is 5.11 Å². The van der Waals surface area contributed by atoms with Crippen LogP contribution in [0.1, 0.15) is 12.8 Å². The summed E-state index contributed by atoms with van der Waals surface area (Å²) in [5.74, 6) is -1.34. The zero-order chi connectivity index (χ0) is 16.8. The van der Waals surface area contributed by atoms with Crippen LogP contribution >= 0.6 is 12.4 Å². The summed E-state index contributed by atoms with van der Waals surface area (Å²) in [6, 6.07) is 5.65. The van der Waals surface area contributed by atoms with E-state index in [1.54, 1.807) is 0 Å². The molecule has 1 saturated heterocycles. The van der Waals surface area contributed by atoms with Gasteiger partial charge in [-0.15, -0.1) is 12.4 Å². The lowest BCUT2D eigenvalue weighted by atomic mass is 9.97. The number of likely N-dealkylation sites (tertiary alicyclic amines) is 1. The topological polar surface area (TPSA) is 78.9 Å². The SMILES string of the molecule is Cl.O=C(CN1CCC(C(=O)O)CC1)Nc1ccc(OC(F)F)cc1. The maximum Gasteiger partial charge on any atom is 0.387 e. The molecule has 0 radical (unpaired) electrons. The molecule has 1 aliphatic rings. The first kappa shape index (κ1) is 20.1. The molecule has 9 heteroatoms. The fourth-order valence-electron chi connectivity index (χ4n) is 2.46. The third kappa shape index (κ3) is 6.29. The monoisotopic (exact) mass is 364 g/mol. The van der Waals surface area contributed by atoms with Gasteiger partial charge < -0.3 is 15.2 Å². The Morgan fingerprint density at radius 1 is 1.25 bits per heavy atom. The number of nitrogens with zero attached hydrogens (tertiary/aromatic N) is 1. The van der Waals surface area contributed by atoms with Gasteiger partial charge in [0.25, 0.3) is 0 Å². The summed E-state index contributed by atoms with van der Waals surface area (Å²) in [5.41, 5.74) is 0.483. The molecule has 6 nitrogen and oxygen atoms in total. The highest BCUT2D eigenvalue weighted by atomic mass is 35.5. The average molecular weight is 365 g/mol. The quantitative estimate of drug-likeness (QED) is 0.810. The number of carboxylic acids is 1. The van der Waals surface area contributed by atoms with Crippen molar-refractivity contribution in [3.63, 3.8) is 0 Å². The summed E-state index contributed by atoms with van der Waals surface area (Å²) < 4.78 is 28.3. The molecule has 0 spiro atoms. The number of carbonyl (C=O) groups excluding carboxylic acids is 1. The fourth-order valence-corrected chi connectivity index (χ4v) is 2.46. The van der Waals surface area contributed by atoms with Crippen LogP contribution in [0.25, 0.3) is 0 Å². The number of halogens is 3. The summed E-state index contributed by atoms with van der Waals surface area (Å²) in [6.45, 7) is -1.59. The molecule has 0 aliphatic carbocycles. The molecule has 2 rings (SSSR count). The van der Waals surface area contributed by atoms with Gasteiger partial charge in [0.15, 0.2) is 0 Å². The van der Waals surface area contributed by atoms with Gasteiger partial charge in [0.05, 0.1) is 12.5 Å². The van der Waals surface area contributed by atoms with Crippen LogP contribution in [0.2, 0.25) is 0 Å². The van der Waals surface area contributed by atoms with Crippen molar-refractivity contribution in [1.29, 1.82) is 0 Å². The van der Waals surface area contributed by atoms with Crippen molar-refractivity contribution in [2.75, 3.05) is 25.0 Å². The molecule has 0 unspecified atom stereocenters. The molecule has 0 saturated carbocycles. The number of piperidine rings is 1. The Kier molecular flexibility index (Phi) is 7.87. The number of carbonyl (C=O) groups is 2. The largest absolute Gasteiger partial charge is 0.481 e. The molecule has 1 fully saturated rings. The minimum Gasteiger partial charge on any atom is -0.481 e. The third-order valence-corrected chi connectivity index (χ3v) is 3.67. The van der Waals surface area contributed by atoms with E-state index < -0.39 is 12.6 Å². The molecule has 1 aromatic rings. The van der Waals surface area contributed by atoms with Crippen LogP contribution in [0.5, 0.6) is 5.75 Å². The molecule has 2 N–H and O–H groups in total. The predicted octanol–water partition coefficient (Wildman–Crippen LogP) is 2.44. The Bertz CT molecular complexity index is 549. The maximum absolute atomic E-state index is 12.0.